The van der Waals surface area contributed by atoms with Crippen LogP contribution in [0.1, 0.15) is 38.6 Å². The zero-order valence-corrected chi connectivity index (χ0v) is 18.3. The molecule has 0 aliphatic carbocycles. The predicted molar refractivity (Wildman–Crippen MR) is 118 cm³/mol. The minimum absolute atomic E-state index is 0. The van der Waals surface area contributed by atoms with Crippen molar-refractivity contribution in [1.29, 1.82) is 0 Å². The summed E-state index contributed by atoms with van der Waals surface area (Å²) in [5.41, 5.74) is 1.21. The molecule has 1 aromatic heterocycles. The van der Waals surface area contributed by atoms with Crippen LogP contribution in [-0.2, 0) is 19.5 Å². The summed E-state index contributed by atoms with van der Waals surface area (Å²) in [5, 5.41) is 14.9. The van der Waals surface area contributed by atoms with Gasteiger partial charge in [0.25, 0.3) is 0 Å². The Hall–Kier alpha value is -1.64. The number of halogens is 1. The molecule has 0 radical (unpaired) electrons. The van der Waals surface area contributed by atoms with E-state index in [0.717, 1.165) is 44.3 Å². The van der Waals surface area contributed by atoms with Gasteiger partial charge in [0.15, 0.2) is 5.96 Å². The number of aromatic nitrogens is 3. The third-order valence-electron chi connectivity index (χ3n) is 3.93. The molecule has 0 fully saturated rings. The van der Waals surface area contributed by atoms with Crippen LogP contribution >= 0.6 is 24.0 Å². The zero-order valence-electron chi connectivity index (χ0n) is 16.0. The maximum absolute atomic E-state index is 4.71. The number of hydrogen-bond acceptors (Lipinski definition) is 3. The van der Waals surface area contributed by atoms with Gasteiger partial charge in [0, 0.05) is 26.1 Å². The summed E-state index contributed by atoms with van der Waals surface area (Å²) < 4.78 is 2.08. The zero-order chi connectivity index (χ0) is 17.9. The van der Waals surface area contributed by atoms with E-state index in [1.807, 2.05) is 18.2 Å². The Morgan fingerprint density at radius 2 is 1.88 bits per heavy atom. The molecule has 0 aliphatic heterocycles. The minimum atomic E-state index is 0. The van der Waals surface area contributed by atoms with Gasteiger partial charge < -0.3 is 15.2 Å². The van der Waals surface area contributed by atoms with Gasteiger partial charge in [-0.25, -0.2) is 4.99 Å². The third-order valence-corrected chi connectivity index (χ3v) is 3.93. The number of benzene rings is 1. The summed E-state index contributed by atoms with van der Waals surface area (Å²) in [6.07, 6.45) is 3.80. The fourth-order valence-corrected chi connectivity index (χ4v) is 2.44. The Labute approximate surface area is 173 Å². The fraction of sp³-hybridized carbons (Fsp3) is 0.526. The maximum atomic E-state index is 4.71. The monoisotopic (exact) mass is 470 g/mol. The molecule has 0 amide bonds. The lowest BCUT2D eigenvalue weighted by Gasteiger charge is -2.14. The smallest absolute Gasteiger partial charge is 0.191 e. The fourth-order valence-electron chi connectivity index (χ4n) is 2.44. The highest BCUT2D eigenvalue weighted by Gasteiger charge is 2.03. The van der Waals surface area contributed by atoms with Crippen LogP contribution in [0.3, 0.4) is 0 Å². The van der Waals surface area contributed by atoms with Crippen LogP contribution in [-0.4, -0.2) is 33.8 Å². The SMILES string of the molecule is CCc1nncn1CCNC(=NCc1ccccc1)NCCC(C)C.I. The van der Waals surface area contributed by atoms with Crippen LogP contribution in [0.15, 0.2) is 41.7 Å². The number of guanidine groups is 1. The van der Waals surface area contributed by atoms with Gasteiger partial charge in [0.2, 0.25) is 0 Å². The quantitative estimate of drug-likeness (QED) is 0.336. The van der Waals surface area contributed by atoms with Gasteiger partial charge in [-0.1, -0.05) is 51.1 Å². The second kappa shape index (κ2) is 12.7. The van der Waals surface area contributed by atoms with Gasteiger partial charge in [0.05, 0.1) is 6.54 Å². The Balaban J connectivity index is 0.00000338. The van der Waals surface area contributed by atoms with Crippen molar-refractivity contribution in [1.82, 2.24) is 25.4 Å². The minimum Gasteiger partial charge on any atom is -0.356 e. The molecular formula is C19H31IN6. The van der Waals surface area contributed by atoms with Crippen LogP contribution in [0, 0.1) is 5.92 Å². The van der Waals surface area contributed by atoms with Crippen LogP contribution in [0.5, 0.6) is 0 Å². The van der Waals surface area contributed by atoms with E-state index in [-0.39, 0.29) is 24.0 Å². The number of nitrogens with zero attached hydrogens (tertiary/aromatic N) is 4. The van der Waals surface area contributed by atoms with Gasteiger partial charge in [-0.05, 0) is 17.9 Å². The second-order valence-electron chi connectivity index (χ2n) is 6.48. The summed E-state index contributed by atoms with van der Waals surface area (Å²) >= 11 is 0. The standard InChI is InChI=1S/C19H30N6.HI/c1-4-18-24-23-15-25(18)13-12-21-19(20-11-10-16(2)3)22-14-17-8-6-5-7-9-17;/h5-9,15-16H,4,10-14H2,1-3H3,(H2,20,21,22);1H. The predicted octanol–water partition coefficient (Wildman–Crippen LogP) is 3.24. The van der Waals surface area contributed by atoms with Gasteiger partial charge in [-0.3, -0.25) is 0 Å². The molecule has 0 spiro atoms. The average Bonchev–Trinajstić information content (AvgIpc) is 3.07. The summed E-state index contributed by atoms with van der Waals surface area (Å²) in [4.78, 5) is 4.71. The van der Waals surface area contributed by atoms with E-state index in [1.54, 1.807) is 6.33 Å². The molecule has 2 rings (SSSR count). The molecule has 7 heteroatoms. The molecule has 144 valence electrons. The molecule has 0 bridgehead atoms. The van der Waals surface area contributed by atoms with Crippen LogP contribution in [0.2, 0.25) is 0 Å². The third kappa shape index (κ3) is 8.16. The molecule has 0 atom stereocenters. The van der Waals surface area contributed by atoms with E-state index in [1.165, 1.54) is 5.56 Å². The summed E-state index contributed by atoms with van der Waals surface area (Å²) in [5.74, 6) is 2.54. The first-order chi connectivity index (χ1) is 12.2. The molecule has 1 aromatic carbocycles. The molecule has 2 N–H and O–H groups in total. The molecule has 0 aliphatic rings. The van der Waals surface area contributed by atoms with Crippen LogP contribution < -0.4 is 10.6 Å². The summed E-state index contributed by atoms with van der Waals surface area (Å²) in [6.45, 7) is 9.76. The molecule has 0 saturated carbocycles. The molecule has 0 unspecified atom stereocenters. The highest BCUT2D eigenvalue weighted by Crippen LogP contribution is 2.01. The van der Waals surface area contributed by atoms with Crippen molar-refractivity contribution in [2.45, 2.75) is 46.7 Å². The lowest BCUT2D eigenvalue weighted by Crippen LogP contribution is -2.39. The first kappa shape index (κ1) is 22.4. The first-order valence-corrected chi connectivity index (χ1v) is 9.11. The van der Waals surface area contributed by atoms with Gasteiger partial charge in [0.1, 0.15) is 12.2 Å². The Morgan fingerprint density at radius 3 is 2.58 bits per heavy atom. The number of hydrogen-bond donors (Lipinski definition) is 2. The topological polar surface area (TPSA) is 67.1 Å². The van der Waals surface area contributed by atoms with Crippen LogP contribution in [0.25, 0.3) is 0 Å². The van der Waals surface area contributed by atoms with E-state index in [2.05, 4.69) is 58.3 Å². The van der Waals surface area contributed by atoms with E-state index in [4.69, 9.17) is 4.99 Å². The summed E-state index contributed by atoms with van der Waals surface area (Å²) in [6, 6.07) is 10.3. The second-order valence-corrected chi connectivity index (χ2v) is 6.48. The lowest BCUT2D eigenvalue weighted by molar-refractivity contribution is 0.569. The van der Waals surface area contributed by atoms with E-state index < -0.39 is 0 Å². The molecule has 2 aromatic rings. The van der Waals surface area contributed by atoms with Crippen molar-refractivity contribution in [3.8, 4) is 0 Å². The number of rotatable bonds is 9. The van der Waals surface area contributed by atoms with E-state index >= 15 is 0 Å². The Kier molecular flexibility index (Phi) is 10.9. The normalized spacial score (nSPS) is 11.3. The molecule has 0 saturated heterocycles. The summed E-state index contributed by atoms with van der Waals surface area (Å²) in [7, 11) is 0. The van der Waals surface area contributed by atoms with Crippen molar-refractivity contribution >= 4 is 29.9 Å². The van der Waals surface area contributed by atoms with E-state index in [9.17, 15) is 0 Å². The van der Waals surface area contributed by atoms with E-state index in [0.29, 0.717) is 12.5 Å². The first-order valence-electron chi connectivity index (χ1n) is 9.11. The van der Waals surface area contributed by atoms with Gasteiger partial charge in [-0.2, -0.15) is 0 Å². The average molecular weight is 470 g/mol. The maximum Gasteiger partial charge on any atom is 0.191 e. The molecule has 1 heterocycles. The van der Waals surface area contributed by atoms with Crippen molar-refractivity contribution in [3.05, 3.63) is 48.0 Å². The van der Waals surface area contributed by atoms with Gasteiger partial charge in [-0.15, -0.1) is 34.2 Å². The largest absolute Gasteiger partial charge is 0.356 e. The van der Waals surface area contributed by atoms with Crippen molar-refractivity contribution < 1.29 is 0 Å². The highest BCUT2D eigenvalue weighted by molar-refractivity contribution is 14.0. The van der Waals surface area contributed by atoms with Crippen molar-refractivity contribution in [3.63, 3.8) is 0 Å². The number of aryl methyl sites for hydroxylation is 1. The number of nitrogens with one attached hydrogen (secondary N) is 2. The highest BCUT2D eigenvalue weighted by atomic mass is 127. The Bertz CT molecular complexity index is 638. The molecular weight excluding hydrogens is 439 g/mol. The van der Waals surface area contributed by atoms with Crippen molar-refractivity contribution in [2.24, 2.45) is 10.9 Å². The molecule has 6 nitrogen and oxygen atoms in total. The Morgan fingerprint density at radius 1 is 1.15 bits per heavy atom. The van der Waals surface area contributed by atoms with Crippen molar-refractivity contribution in [2.75, 3.05) is 13.1 Å². The van der Waals surface area contributed by atoms with Gasteiger partial charge >= 0.3 is 0 Å². The van der Waals surface area contributed by atoms with Crippen LogP contribution in [0.4, 0.5) is 0 Å². The number of aliphatic imine (C=N–C) groups is 1. The molecule has 26 heavy (non-hydrogen) atoms. The lowest BCUT2D eigenvalue weighted by atomic mass is 10.1.